The molecule has 3 aromatic rings. The Hall–Kier alpha value is -2.61. The molecule has 192 valence electrons. The van der Waals surface area contributed by atoms with Crippen LogP contribution in [0.1, 0.15) is 35.4 Å². The first kappa shape index (κ1) is 23.8. The number of likely N-dealkylation sites (N-methyl/N-ethyl adjacent to an activating group) is 1. The van der Waals surface area contributed by atoms with Crippen molar-refractivity contribution in [3.05, 3.63) is 52.8 Å². The van der Waals surface area contributed by atoms with Gasteiger partial charge in [0.05, 0.1) is 18.9 Å². The summed E-state index contributed by atoms with van der Waals surface area (Å²) in [6.45, 7) is 9.42. The van der Waals surface area contributed by atoms with Crippen molar-refractivity contribution in [1.82, 2.24) is 19.8 Å². The highest BCUT2D eigenvalue weighted by Crippen LogP contribution is 2.31. The van der Waals surface area contributed by atoms with Gasteiger partial charge in [0.1, 0.15) is 18.2 Å². The SMILES string of the molecule is CN1CCN(CCOc2cc(Cc3ccc4[nH]c5c(c4c3)CCCC5)nc(N3CCOCC3)c2)CC1. The van der Waals surface area contributed by atoms with Crippen molar-refractivity contribution in [1.29, 1.82) is 0 Å². The van der Waals surface area contributed by atoms with Crippen molar-refractivity contribution in [3.63, 3.8) is 0 Å². The van der Waals surface area contributed by atoms with Crippen LogP contribution in [-0.4, -0.2) is 92.4 Å². The number of morpholine rings is 1. The monoisotopic (exact) mass is 489 g/mol. The van der Waals surface area contributed by atoms with E-state index in [-0.39, 0.29) is 0 Å². The smallest absolute Gasteiger partial charge is 0.132 e. The first-order chi connectivity index (χ1) is 17.7. The van der Waals surface area contributed by atoms with E-state index in [9.17, 15) is 0 Å². The fourth-order valence-corrected chi connectivity index (χ4v) is 5.81. The lowest BCUT2D eigenvalue weighted by atomic mass is 9.95. The van der Waals surface area contributed by atoms with Crippen LogP contribution in [0.2, 0.25) is 0 Å². The number of aromatic nitrogens is 2. The molecule has 0 bridgehead atoms. The van der Waals surface area contributed by atoms with Crippen molar-refractivity contribution in [2.24, 2.45) is 0 Å². The molecule has 36 heavy (non-hydrogen) atoms. The molecule has 0 unspecified atom stereocenters. The lowest BCUT2D eigenvalue weighted by Crippen LogP contribution is -2.45. The Bertz CT molecular complexity index is 1180. The summed E-state index contributed by atoms with van der Waals surface area (Å²) in [6, 6.07) is 11.1. The number of anilines is 1. The van der Waals surface area contributed by atoms with Crippen LogP contribution in [0.25, 0.3) is 10.9 Å². The first-order valence-corrected chi connectivity index (χ1v) is 13.7. The Morgan fingerprint density at radius 2 is 1.81 bits per heavy atom. The second-order valence-electron chi connectivity index (χ2n) is 10.6. The molecule has 7 nitrogen and oxygen atoms in total. The second kappa shape index (κ2) is 10.8. The van der Waals surface area contributed by atoms with E-state index in [1.54, 1.807) is 0 Å². The molecule has 0 saturated carbocycles. The molecule has 1 aromatic carbocycles. The summed E-state index contributed by atoms with van der Waals surface area (Å²) >= 11 is 0. The van der Waals surface area contributed by atoms with E-state index in [0.29, 0.717) is 6.61 Å². The van der Waals surface area contributed by atoms with E-state index >= 15 is 0 Å². The molecule has 7 heteroatoms. The van der Waals surface area contributed by atoms with E-state index in [2.05, 4.69) is 57.1 Å². The minimum atomic E-state index is 0.706. The molecule has 6 rings (SSSR count). The van der Waals surface area contributed by atoms with Crippen LogP contribution in [-0.2, 0) is 24.0 Å². The number of aromatic amines is 1. The summed E-state index contributed by atoms with van der Waals surface area (Å²) in [6.07, 6.45) is 5.76. The highest BCUT2D eigenvalue weighted by molar-refractivity contribution is 5.85. The number of H-pyrrole nitrogens is 1. The zero-order valence-electron chi connectivity index (χ0n) is 21.6. The van der Waals surface area contributed by atoms with Crippen LogP contribution < -0.4 is 9.64 Å². The third-order valence-corrected chi connectivity index (χ3v) is 7.99. The number of aryl methyl sites for hydroxylation is 2. The van der Waals surface area contributed by atoms with Gasteiger partial charge in [-0.15, -0.1) is 0 Å². The Balaban J connectivity index is 1.21. The molecule has 3 aliphatic rings. The number of hydrogen-bond donors (Lipinski definition) is 1. The van der Waals surface area contributed by atoms with Gasteiger partial charge in [-0.2, -0.15) is 0 Å². The summed E-state index contributed by atoms with van der Waals surface area (Å²) < 4.78 is 11.9. The topological polar surface area (TPSA) is 56.9 Å². The molecule has 2 aromatic heterocycles. The molecule has 0 radical (unpaired) electrons. The second-order valence-corrected chi connectivity index (χ2v) is 10.6. The van der Waals surface area contributed by atoms with Gasteiger partial charge in [0, 0.05) is 81.0 Å². The van der Waals surface area contributed by atoms with Crippen LogP contribution in [0.3, 0.4) is 0 Å². The predicted molar refractivity (Wildman–Crippen MR) is 144 cm³/mol. The quantitative estimate of drug-likeness (QED) is 0.548. The molecule has 0 spiro atoms. The largest absolute Gasteiger partial charge is 0.492 e. The van der Waals surface area contributed by atoms with E-state index in [4.69, 9.17) is 14.5 Å². The molecule has 4 heterocycles. The average molecular weight is 490 g/mol. The molecule has 2 aliphatic heterocycles. The van der Waals surface area contributed by atoms with Gasteiger partial charge in [-0.25, -0.2) is 4.98 Å². The van der Waals surface area contributed by atoms with E-state index in [1.165, 1.54) is 53.4 Å². The highest BCUT2D eigenvalue weighted by atomic mass is 16.5. The third-order valence-electron chi connectivity index (χ3n) is 7.99. The van der Waals surface area contributed by atoms with Crippen molar-refractivity contribution in [2.75, 3.05) is 77.6 Å². The summed E-state index contributed by atoms with van der Waals surface area (Å²) in [5.74, 6) is 1.93. The Kier molecular flexibility index (Phi) is 7.12. The average Bonchev–Trinajstić information content (AvgIpc) is 3.28. The Morgan fingerprint density at radius 3 is 2.67 bits per heavy atom. The fourth-order valence-electron chi connectivity index (χ4n) is 5.81. The van der Waals surface area contributed by atoms with Gasteiger partial charge in [-0.05, 0) is 56.0 Å². The summed E-state index contributed by atoms with van der Waals surface area (Å²) in [4.78, 5) is 16.0. The number of benzene rings is 1. The summed E-state index contributed by atoms with van der Waals surface area (Å²) in [5, 5.41) is 1.40. The van der Waals surface area contributed by atoms with Gasteiger partial charge in [-0.1, -0.05) is 6.07 Å². The molecule has 0 amide bonds. The number of fused-ring (bicyclic) bond motifs is 3. The minimum Gasteiger partial charge on any atom is -0.492 e. The van der Waals surface area contributed by atoms with Gasteiger partial charge in [-0.3, -0.25) is 4.90 Å². The van der Waals surface area contributed by atoms with Crippen LogP contribution in [0.15, 0.2) is 30.3 Å². The normalized spacial score (nSPS) is 19.5. The first-order valence-electron chi connectivity index (χ1n) is 13.7. The van der Waals surface area contributed by atoms with Crippen LogP contribution in [0.4, 0.5) is 5.82 Å². The molecule has 1 N–H and O–H groups in total. The Labute approximate surface area is 214 Å². The van der Waals surface area contributed by atoms with E-state index < -0.39 is 0 Å². The number of hydrogen-bond acceptors (Lipinski definition) is 6. The summed E-state index contributed by atoms with van der Waals surface area (Å²) in [5.41, 5.74) is 6.62. The molecular weight excluding hydrogens is 450 g/mol. The number of nitrogens with one attached hydrogen (secondary N) is 1. The van der Waals surface area contributed by atoms with E-state index in [0.717, 1.165) is 82.7 Å². The van der Waals surface area contributed by atoms with Crippen molar-refractivity contribution < 1.29 is 9.47 Å². The number of rotatable bonds is 7. The van der Waals surface area contributed by atoms with Crippen molar-refractivity contribution >= 4 is 16.7 Å². The molecule has 2 fully saturated rings. The highest BCUT2D eigenvalue weighted by Gasteiger charge is 2.18. The molecule has 0 atom stereocenters. The number of pyridine rings is 1. The lowest BCUT2D eigenvalue weighted by Gasteiger charge is -2.32. The van der Waals surface area contributed by atoms with Crippen LogP contribution in [0.5, 0.6) is 5.75 Å². The predicted octanol–water partition coefficient (Wildman–Crippen LogP) is 3.50. The fraction of sp³-hybridized carbons (Fsp3) is 0.552. The minimum absolute atomic E-state index is 0.706. The maximum Gasteiger partial charge on any atom is 0.132 e. The number of nitrogens with zero attached hydrogens (tertiary/aromatic N) is 4. The lowest BCUT2D eigenvalue weighted by molar-refractivity contribution is 0.122. The van der Waals surface area contributed by atoms with Gasteiger partial charge >= 0.3 is 0 Å². The standard InChI is InChI=1S/C29H39N5O2/c1-32-8-10-33(11-9-32)12-17-36-24-20-23(30-29(21-24)34-13-15-35-16-14-34)18-22-6-7-28-26(19-22)25-4-2-3-5-27(25)31-28/h6-7,19-21,31H,2-5,8-18H2,1H3. The third kappa shape index (κ3) is 5.38. The van der Waals surface area contributed by atoms with Gasteiger partial charge in [0.2, 0.25) is 0 Å². The zero-order valence-corrected chi connectivity index (χ0v) is 21.6. The molecular formula is C29H39N5O2. The van der Waals surface area contributed by atoms with Crippen LogP contribution >= 0.6 is 0 Å². The Morgan fingerprint density at radius 1 is 0.972 bits per heavy atom. The zero-order chi connectivity index (χ0) is 24.3. The van der Waals surface area contributed by atoms with Crippen molar-refractivity contribution in [3.8, 4) is 5.75 Å². The maximum absolute atomic E-state index is 6.32. The van der Waals surface area contributed by atoms with Gasteiger partial charge < -0.3 is 24.3 Å². The van der Waals surface area contributed by atoms with Crippen molar-refractivity contribution in [2.45, 2.75) is 32.1 Å². The summed E-state index contributed by atoms with van der Waals surface area (Å²) in [7, 11) is 2.20. The maximum atomic E-state index is 6.32. The molecule has 2 saturated heterocycles. The number of piperazine rings is 1. The van der Waals surface area contributed by atoms with Gasteiger partial charge in [0.15, 0.2) is 0 Å². The number of ether oxygens (including phenoxy) is 2. The molecule has 1 aliphatic carbocycles. The van der Waals surface area contributed by atoms with Crippen LogP contribution in [0, 0.1) is 0 Å². The van der Waals surface area contributed by atoms with E-state index in [1.807, 2.05) is 0 Å². The van der Waals surface area contributed by atoms with Gasteiger partial charge in [0.25, 0.3) is 0 Å².